The highest BCUT2D eigenvalue weighted by Gasteiger charge is 2.14. The van der Waals surface area contributed by atoms with Crippen molar-refractivity contribution in [3.05, 3.63) is 53.9 Å². The smallest absolute Gasteiger partial charge is 0.220 e. The zero-order chi connectivity index (χ0) is 27.2. The number of hydrogen-bond acceptors (Lipinski definition) is 9. The van der Waals surface area contributed by atoms with Crippen LogP contribution in [0.2, 0.25) is 0 Å². The monoisotopic (exact) mass is 528 g/mol. The Morgan fingerprint density at radius 3 is 2.64 bits per heavy atom. The zero-order valence-corrected chi connectivity index (χ0v) is 22.3. The molecule has 39 heavy (non-hydrogen) atoms. The molecular formula is C27H32N10O2. The number of carbonyl (C=O) groups excluding carboxylic acids is 1. The van der Waals surface area contributed by atoms with Crippen molar-refractivity contribution < 1.29 is 9.53 Å². The van der Waals surface area contributed by atoms with Crippen molar-refractivity contribution in [3.63, 3.8) is 0 Å². The van der Waals surface area contributed by atoms with Gasteiger partial charge in [0.25, 0.3) is 0 Å². The second kappa shape index (κ2) is 11.8. The fraction of sp³-hybridized carbons (Fsp3) is 0.370. The Bertz CT molecular complexity index is 1540. The van der Waals surface area contributed by atoms with Crippen molar-refractivity contribution in [3.8, 4) is 17.1 Å². The van der Waals surface area contributed by atoms with Gasteiger partial charge in [-0.25, -0.2) is 4.98 Å². The highest BCUT2D eigenvalue weighted by Crippen LogP contribution is 2.26. The molecule has 0 atom stereocenters. The first kappa shape index (κ1) is 26.0. The summed E-state index contributed by atoms with van der Waals surface area (Å²) in [4.78, 5) is 16.7. The summed E-state index contributed by atoms with van der Waals surface area (Å²) in [5.74, 6) is 3.18. The van der Waals surface area contributed by atoms with Gasteiger partial charge in [0.2, 0.25) is 17.4 Å². The summed E-state index contributed by atoms with van der Waals surface area (Å²) in [6.07, 6.45) is 2.32. The molecule has 1 amide bonds. The normalized spacial score (nSPS) is 11.4. The van der Waals surface area contributed by atoms with E-state index < -0.39 is 0 Å². The van der Waals surface area contributed by atoms with E-state index >= 15 is 0 Å². The fourth-order valence-corrected chi connectivity index (χ4v) is 4.29. The number of anilines is 1. The number of aromatic nitrogens is 8. The van der Waals surface area contributed by atoms with Crippen molar-refractivity contribution in [2.75, 3.05) is 18.4 Å². The van der Waals surface area contributed by atoms with Crippen molar-refractivity contribution in [1.82, 2.24) is 45.5 Å². The van der Waals surface area contributed by atoms with Crippen LogP contribution in [0.5, 0.6) is 5.75 Å². The number of tetrazole rings is 1. The van der Waals surface area contributed by atoms with Crippen LogP contribution >= 0.6 is 0 Å². The molecule has 2 aromatic carbocycles. The number of ether oxygens (including phenoxy) is 1. The molecule has 0 fully saturated rings. The largest absolute Gasteiger partial charge is 0.489 e. The van der Waals surface area contributed by atoms with Crippen LogP contribution in [0, 0.1) is 12.8 Å². The first-order valence-corrected chi connectivity index (χ1v) is 13.1. The summed E-state index contributed by atoms with van der Waals surface area (Å²) in [6, 6.07) is 13.7. The quantitative estimate of drug-likeness (QED) is 0.206. The van der Waals surface area contributed by atoms with Crippen LogP contribution < -0.4 is 15.4 Å². The first-order chi connectivity index (χ1) is 19.0. The van der Waals surface area contributed by atoms with Crippen molar-refractivity contribution >= 4 is 28.4 Å². The first-order valence-electron chi connectivity index (χ1n) is 13.1. The standard InChI is InChI=1S/C27H32N10O2/c1-17(2)14-24(38)28-12-4-5-13-29-26-27-34-31-18(3)37(27)23-11-10-21(15-22(23)30-26)39-16-19-6-8-20(9-7-19)25-32-35-36-33-25/h6-11,15,17H,4-5,12-14,16H2,1-3H3,(H,28,38)(H,29,30)(H,32,33,35,36). The van der Waals surface area contributed by atoms with E-state index in [9.17, 15) is 4.79 Å². The Hall–Kier alpha value is -4.61. The average Bonchev–Trinajstić information content (AvgIpc) is 3.60. The summed E-state index contributed by atoms with van der Waals surface area (Å²) in [5, 5.41) is 29.0. The molecule has 3 heterocycles. The van der Waals surface area contributed by atoms with Gasteiger partial charge in [-0.15, -0.1) is 20.4 Å². The molecule has 12 nitrogen and oxygen atoms in total. The molecule has 0 bridgehead atoms. The maximum Gasteiger partial charge on any atom is 0.220 e. The second-order valence-corrected chi connectivity index (χ2v) is 9.82. The highest BCUT2D eigenvalue weighted by molar-refractivity contribution is 5.84. The Kier molecular flexibility index (Phi) is 7.90. The number of amides is 1. The van der Waals surface area contributed by atoms with E-state index in [4.69, 9.17) is 9.72 Å². The fourth-order valence-electron chi connectivity index (χ4n) is 4.29. The van der Waals surface area contributed by atoms with Gasteiger partial charge >= 0.3 is 0 Å². The molecule has 0 spiro atoms. The third-order valence-corrected chi connectivity index (χ3v) is 6.23. The lowest BCUT2D eigenvalue weighted by Crippen LogP contribution is -2.25. The number of hydrogen-bond donors (Lipinski definition) is 3. The van der Waals surface area contributed by atoms with E-state index in [1.807, 2.05) is 67.6 Å². The molecular weight excluding hydrogens is 496 g/mol. The van der Waals surface area contributed by atoms with Crippen molar-refractivity contribution in [1.29, 1.82) is 0 Å². The van der Waals surface area contributed by atoms with Crippen LogP contribution in [-0.2, 0) is 11.4 Å². The molecule has 3 N–H and O–H groups in total. The molecule has 12 heteroatoms. The number of rotatable bonds is 12. The number of nitrogens with one attached hydrogen (secondary N) is 3. The number of carbonyl (C=O) groups is 1. The number of H-pyrrole nitrogens is 1. The molecule has 0 aliphatic heterocycles. The Balaban J connectivity index is 1.23. The molecule has 5 rings (SSSR count). The van der Waals surface area contributed by atoms with E-state index in [0.29, 0.717) is 55.1 Å². The molecule has 0 aliphatic rings. The van der Waals surface area contributed by atoms with Gasteiger partial charge in [0.15, 0.2) is 5.82 Å². The minimum atomic E-state index is 0.105. The van der Waals surface area contributed by atoms with Crippen LogP contribution in [0.15, 0.2) is 42.5 Å². The highest BCUT2D eigenvalue weighted by atomic mass is 16.5. The predicted molar refractivity (Wildman–Crippen MR) is 147 cm³/mol. The topological polar surface area (TPSA) is 148 Å². The molecule has 0 unspecified atom stereocenters. The minimum Gasteiger partial charge on any atom is -0.489 e. The number of fused-ring (bicyclic) bond motifs is 3. The molecule has 5 aromatic rings. The lowest BCUT2D eigenvalue weighted by atomic mass is 10.1. The van der Waals surface area contributed by atoms with Gasteiger partial charge in [-0.1, -0.05) is 38.1 Å². The van der Waals surface area contributed by atoms with Gasteiger partial charge in [0, 0.05) is 31.1 Å². The molecule has 3 aromatic heterocycles. The van der Waals surface area contributed by atoms with Gasteiger partial charge in [-0.2, -0.15) is 5.21 Å². The number of nitrogens with zero attached hydrogens (tertiary/aromatic N) is 7. The van der Waals surface area contributed by atoms with Crippen molar-refractivity contribution in [2.24, 2.45) is 5.92 Å². The van der Waals surface area contributed by atoms with Crippen LogP contribution in [0.3, 0.4) is 0 Å². The van der Waals surface area contributed by atoms with Crippen LogP contribution in [0.25, 0.3) is 28.1 Å². The minimum absolute atomic E-state index is 0.105. The molecule has 0 saturated carbocycles. The third kappa shape index (κ3) is 6.28. The van der Waals surface area contributed by atoms with E-state index in [2.05, 4.69) is 41.5 Å². The molecule has 202 valence electrons. The van der Waals surface area contributed by atoms with Gasteiger partial charge in [-0.05, 0) is 48.6 Å². The third-order valence-electron chi connectivity index (χ3n) is 6.23. The van der Waals surface area contributed by atoms with Crippen molar-refractivity contribution in [2.45, 2.75) is 46.6 Å². The van der Waals surface area contributed by atoms with Crippen LogP contribution in [0.4, 0.5) is 5.82 Å². The molecule has 0 aliphatic carbocycles. The average molecular weight is 529 g/mol. The summed E-state index contributed by atoms with van der Waals surface area (Å²) < 4.78 is 8.08. The van der Waals surface area contributed by atoms with Crippen LogP contribution in [0.1, 0.15) is 44.5 Å². The lowest BCUT2D eigenvalue weighted by Gasteiger charge is -2.12. The van der Waals surface area contributed by atoms with E-state index in [-0.39, 0.29) is 5.91 Å². The summed E-state index contributed by atoms with van der Waals surface area (Å²) in [5.41, 5.74) is 4.26. The number of unbranched alkanes of at least 4 members (excludes halogenated alkanes) is 1. The second-order valence-electron chi connectivity index (χ2n) is 9.82. The zero-order valence-electron chi connectivity index (χ0n) is 22.3. The van der Waals surface area contributed by atoms with E-state index in [0.717, 1.165) is 40.8 Å². The summed E-state index contributed by atoms with van der Waals surface area (Å²) >= 11 is 0. The van der Waals surface area contributed by atoms with E-state index in [1.54, 1.807) is 0 Å². The SMILES string of the molecule is Cc1nnc2c(NCCCCNC(=O)CC(C)C)nc3cc(OCc4ccc(-c5nn[nH]n5)cc4)ccc3n12. The maximum atomic E-state index is 11.8. The van der Waals surface area contributed by atoms with Gasteiger partial charge in [0.05, 0.1) is 11.0 Å². The lowest BCUT2D eigenvalue weighted by molar-refractivity contribution is -0.121. The summed E-state index contributed by atoms with van der Waals surface area (Å²) in [7, 11) is 0. The maximum absolute atomic E-state index is 11.8. The molecule has 0 saturated heterocycles. The number of benzene rings is 2. The van der Waals surface area contributed by atoms with E-state index in [1.165, 1.54) is 0 Å². The number of aryl methyl sites for hydroxylation is 1. The Morgan fingerprint density at radius 1 is 1.05 bits per heavy atom. The Morgan fingerprint density at radius 2 is 1.87 bits per heavy atom. The van der Waals surface area contributed by atoms with Gasteiger partial charge in [-0.3, -0.25) is 9.20 Å². The summed E-state index contributed by atoms with van der Waals surface area (Å²) in [6.45, 7) is 7.78. The van der Waals surface area contributed by atoms with Gasteiger partial charge in [0.1, 0.15) is 18.2 Å². The predicted octanol–water partition coefficient (Wildman–Crippen LogP) is 3.70. The Labute approximate surface area is 225 Å². The van der Waals surface area contributed by atoms with Gasteiger partial charge < -0.3 is 15.4 Å². The number of aromatic amines is 1. The van der Waals surface area contributed by atoms with Crippen LogP contribution in [-0.4, -0.2) is 59.2 Å². The molecule has 0 radical (unpaired) electrons.